The highest BCUT2D eigenvalue weighted by Crippen LogP contribution is 2.48. The van der Waals surface area contributed by atoms with Crippen molar-refractivity contribution in [1.82, 2.24) is 29.4 Å². The quantitative estimate of drug-likeness (QED) is 0.240. The van der Waals surface area contributed by atoms with E-state index in [1.165, 1.54) is 162 Å². The van der Waals surface area contributed by atoms with Crippen molar-refractivity contribution in [3.05, 3.63) is 0 Å². The summed E-state index contributed by atoms with van der Waals surface area (Å²) in [5, 5.41) is 0. The SMILES string of the molecule is CC(C)(C)N1CC2(CCCC2)C1.CC(C)(C)N1CC2CC2C1.CC(C)(C)N1CC2CCCC21.CC(C)(C)N1CCC1.CC(C)(C)N1CCCC1.CC(C)(C)N1CCCCC1. The third kappa shape index (κ3) is 16.0. The second-order valence-electron chi connectivity index (χ2n) is 27.2. The zero-order valence-electron chi connectivity index (χ0n) is 44.2. The number of piperidine rings is 2. The van der Waals surface area contributed by atoms with Crippen LogP contribution in [0, 0.1) is 23.2 Å². The number of hydrogen-bond acceptors (Lipinski definition) is 6. The molecule has 0 aromatic carbocycles. The highest BCUT2D eigenvalue weighted by Gasteiger charge is 2.49. The molecule has 6 heteroatoms. The van der Waals surface area contributed by atoms with Crippen molar-refractivity contribution in [2.24, 2.45) is 23.2 Å². The Bertz CT molecular complexity index is 1200. The summed E-state index contributed by atoms with van der Waals surface area (Å²) in [7, 11) is 0. The Balaban J connectivity index is 0.000000160. The first-order chi connectivity index (χ1) is 27.5. The van der Waals surface area contributed by atoms with E-state index in [1.54, 1.807) is 0 Å². The van der Waals surface area contributed by atoms with E-state index in [-0.39, 0.29) is 0 Å². The van der Waals surface area contributed by atoms with Crippen LogP contribution < -0.4 is 0 Å². The van der Waals surface area contributed by atoms with Gasteiger partial charge in [-0.15, -0.1) is 0 Å². The lowest BCUT2D eigenvalue weighted by Gasteiger charge is -2.54. The fourth-order valence-corrected chi connectivity index (χ4v) is 11.2. The maximum Gasteiger partial charge on any atom is 0.0141 e. The number of nitrogens with zero attached hydrogens (tertiary/aromatic N) is 6. The van der Waals surface area contributed by atoms with Gasteiger partial charge in [-0.1, -0.05) is 25.7 Å². The highest BCUT2D eigenvalue weighted by molar-refractivity contribution is 5.03. The minimum atomic E-state index is 0.403. The molecule has 9 fully saturated rings. The number of likely N-dealkylation sites (tertiary alicyclic amines) is 6. The first-order valence-electron chi connectivity index (χ1n) is 26.0. The Kier molecular flexibility index (Phi) is 18.3. The minimum Gasteiger partial charge on any atom is -0.298 e. The zero-order chi connectivity index (χ0) is 45.0. The molecule has 0 N–H and O–H groups in total. The van der Waals surface area contributed by atoms with Crippen LogP contribution in [0.5, 0.6) is 0 Å². The Morgan fingerprint density at radius 3 is 1.02 bits per heavy atom. The summed E-state index contributed by atoms with van der Waals surface area (Å²) in [4.78, 5) is 15.5. The monoisotopic (exact) mass is 841 g/mol. The molecule has 3 saturated carbocycles. The normalized spacial score (nSPS) is 29.9. The van der Waals surface area contributed by atoms with Gasteiger partial charge in [0.1, 0.15) is 0 Å². The lowest BCUT2D eigenvalue weighted by Crippen LogP contribution is -2.61. The molecular weight excluding hydrogens is 733 g/mol. The van der Waals surface area contributed by atoms with Gasteiger partial charge < -0.3 is 0 Å². The molecule has 9 aliphatic rings. The van der Waals surface area contributed by atoms with Gasteiger partial charge in [0.25, 0.3) is 0 Å². The molecule has 4 atom stereocenters. The van der Waals surface area contributed by atoms with Gasteiger partial charge in [-0.25, -0.2) is 0 Å². The van der Waals surface area contributed by atoms with Crippen LogP contribution in [0.25, 0.3) is 0 Å². The summed E-state index contributed by atoms with van der Waals surface area (Å²) in [5.74, 6) is 3.23. The van der Waals surface area contributed by atoms with E-state index in [0.717, 1.165) is 29.2 Å². The van der Waals surface area contributed by atoms with E-state index in [0.29, 0.717) is 33.2 Å². The van der Waals surface area contributed by atoms with Crippen LogP contribution in [0.15, 0.2) is 0 Å². The largest absolute Gasteiger partial charge is 0.298 e. The molecular formula is C54H108N6. The van der Waals surface area contributed by atoms with Gasteiger partial charge in [0.15, 0.2) is 0 Å². The highest BCUT2D eigenvalue weighted by atomic mass is 15.3. The predicted molar refractivity (Wildman–Crippen MR) is 264 cm³/mol. The summed E-state index contributed by atoms with van der Waals surface area (Å²) in [6.45, 7) is 56.2. The molecule has 60 heavy (non-hydrogen) atoms. The molecule has 0 aromatic rings. The molecule has 0 aromatic heterocycles. The van der Waals surface area contributed by atoms with E-state index in [9.17, 15) is 0 Å². The lowest BCUT2D eigenvalue weighted by molar-refractivity contribution is -0.0546. The Morgan fingerprint density at radius 1 is 0.333 bits per heavy atom. The molecule has 4 unspecified atom stereocenters. The fourth-order valence-electron chi connectivity index (χ4n) is 11.2. The van der Waals surface area contributed by atoms with E-state index < -0.39 is 0 Å². The zero-order valence-corrected chi connectivity index (χ0v) is 44.2. The third-order valence-electron chi connectivity index (χ3n) is 16.1. The Labute approximate surface area is 377 Å². The molecule has 0 amide bonds. The summed E-state index contributed by atoms with van der Waals surface area (Å²) in [6.07, 6.45) is 20.4. The van der Waals surface area contributed by atoms with Crippen LogP contribution in [0.3, 0.4) is 0 Å². The van der Waals surface area contributed by atoms with Crippen molar-refractivity contribution in [2.45, 2.75) is 254 Å². The van der Waals surface area contributed by atoms with Gasteiger partial charge in [-0.2, -0.15) is 0 Å². The van der Waals surface area contributed by atoms with Gasteiger partial charge in [0.2, 0.25) is 0 Å². The van der Waals surface area contributed by atoms with Crippen LogP contribution in [0.1, 0.15) is 215 Å². The number of hydrogen-bond donors (Lipinski definition) is 0. The molecule has 6 heterocycles. The molecule has 1 spiro atoms. The van der Waals surface area contributed by atoms with E-state index >= 15 is 0 Å². The molecule has 354 valence electrons. The van der Waals surface area contributed by atoms with Crippen molar-refractivity contribution in [3.63, 3.8) is 0 Å². The van der Waals surface area contributed by atoms with Gasteiger partial charge in [0.05, 0.1) is 0 Å². The van der Waals surface area contributed by atoms with Crippen molar-refractivity contribution in [3.8, 4) is 0 Å². The standard InChI is InChI=1S/C11H21N.C10H19N.C9H17N.C9H19N.C8H17N.C7H15N/c1-10(2,3)12-8-11(9-12)6-4-5-7-11;1-10(2,3)11-7-8-5-4-6-9(8)11;1-9(2,3)10-5-7-4-8(7)6-10;1-9(2,3)10-7-5-4-6-8-10;1-8(2,3)9-6-4-5-7-9;1-7(2,3)8-5-4-6-8/h4-9H2,1-3H3;8-9H,4-7H2,1-3H3;7-8H,4-6H2,1-3H3;4-8H2,1-3H3;4-7H2,1-3H3;4-6H2,1-3H3. The van der Waals surface area contributed by atoms with Crippen molar-refractivity contribution >= 4 is 0 Å². The Morgan fingerprint density at radius 2 is 0.717 bits per heavy atom. The average Bonchev–Trinajstić information content (AvgIpc) is 3.63. The lowest BCUT2D eigenvalue weighted by atomic mass is 9.76. The second-order valence-corrected chi connectivity index (χ2v) is 27.2. The maximum absolute atomic E-state index is 2.67. The van der Waals surface area contributed by atoms with Crippen LogP contribution >= 0.6 is 0 Å². The predicted octanol–water partition coefficient (Wildman–Crippen LogP) is 12.3. The maximum atomic E-state index is 2.67. The van der Waals surface area contributed by atoms with E-state index in [2.05, 4.69) is 154 Å². The molecule has 0 radical (unpaired) electrons. The topological polar surface area (TPSA) is 19.4 Å². The first-order valence-corrected chi connectivity index (χ1v) is 26.0. The van der Waals surface area contributed by atoms with Gasteiger partial charge in [-0.05, 0) is 251 Å². The smallest absolute Gasteiger partial charge is 0.0141 e. The third-order valence-corrected chi connectivity index (χ3v) is 16.1. The van der Waals surface area contributed by atoms with E-state index in [1.807, 2.05) is 0 Å². The number of fused-ring (bicyclic) bond motifs is 2. The average molecular weight is 841 g/mol. The van der Waals surface area contributed by atoms with Crippen molar-refractivity contribution in [1.29, 1.82) is 0 Å². The summed E-state index contributed by atoms with van der Waals surface area (Å²) in [6, 6.07) is 0.954. The molecule has 3 aliphatic carbocycles. The van der Waals surface area contributed by atoms with Crippen molar-refractivity contribution < 1.29 is 0 Å². The van der Waals surface area contributed by atoms with Gasteiger partial charge >= 0.3 is 0 Å². The molecule has 0 bridgehead atoms. The van der Waals surface area contributed by atoms with E-state index in [4.69, 9.17) is 0 Å². The first kappa shape index (κ1) is 52.4. The van der Waals surface area contributed by atoms with Crippen LogP contribution in [-0.2, 0) is 0 Å². The Hall–Kier alpha value is -0.240. The van der Waals surface area contributed by atoms with Gasteiger partial charge in [0, 0.05) is 72.0 Å². The summed E-state index contributed by atoms with van der Waals surface area (Å²) in [5.41, 5.74) is 3.27. The molecule has 6 saturated heterocycles. The molecule has 6 aliphatic heterocycles. The van der Waals surface area contributed by atoms with Crippen LogP contribution in [-0.4, -0.2) is 141 Å². The molecule has 6 nitrogen and oxygen atoms in total. The van der Waals surface area contributed by atoms with Crippen LogP contribution in [0.4, 0.5) is 0 Å². The second kappa shape index (κ2) is 20.9. The summed E-state index contributed by atoms with van der Waals surface area (Å²) < 4.78 is 0. The van der Waals surface area contributed by atoms with Crippen LogP contribution in [0.2, 0.25) is 0 Å². The fraction of sp³-hybridized carbons (Fsp3) is 1.00. The number of rotatable bonds is 0. The molecule has 9 rings (SSSR count). The van der Waals surface area contributed by atoms with Crippen molar-refractivity contribution in [2.75, 3.05) is 72.0 Å². The summed E-state index contributed by atoms with van der Waals surface area (Å²) >= 11 is 0. The minimum absolute atomic E-state index is 0.403. The van der Waals surface area contributed by atoms with Gasteiger partial charge in [-0.3, -0.25) is 29.4 Å².